The summed E-state index contributed by atoms with van der Waals surface area (Å²) in [5.41, 5.74) is 5.87. The Hall–Kier alpha value is -0.630. The van der Waals surface area contributed by atoms with Crippen LogP contribution in [0.15, 0.2) is 27.6 Å². The van der Waals surface area contributed by atoms with Crippen molar-refractivity contribution in [1.29, 1.82) is 0 Å². The molecule has 0 aliphatic carbocycles. The summed E-state index contributed by atoms with van der Waals surface area (Å²) >= 11 is 3.22. The van der Waals surface area contributed by atoms with Crippen molar-refractivity contribution in [3.63, 3.8) is 0 Å². The van der Waals surface area contributed by atoms with E-state index in [1.165, 1.54) is 13.2 Å². The molecule has 1 aromatic carbocycles. The highest BCUT2D eigenvalue weighted by Crippen LogP contribution is 2.22. The number of ether oxygens (including phenoxy) is 1. The molecule has 1 unspecified atom stereocenters. The molecular formula is C10H15BrN2O3S. The van der Waals surface area contributed by atoms with E-state index in [1.54, 1.807) is 19.1 Å². The first-order chi connectivity index (χ1) is 7.86. The van der Waals surface area contributed by atoms with Gasteiger partial charge in [-0.2, -0.15) is 0 Å². The molecule has 0 fully saturated rings. The standard InChI is InChI=1S/C10H15BrN2O3S/c1-7(16-2)6-13-17(14,15)10-4-3-8(11)5-9(10)12/h3-5,7,13H,6,12H2,1-2H3. The van der Waals surface area contributed by atoms with Gasteiger partial charge in [0.15, 0.2) is 0 Å². The van der Waals surface area contributed by atoms with Gasteiger partial charge in [0.2, 0.25) is 10.0 Å². The summed E-state index contributed by atoms with van der Waals surface area (Å²) in [5.74, 6) is 0. The number of methoxy groups -OCH3 is 1. The Morgan fingerprint density at radius 3 is 2.71 bits per heavy atom. The van der Waals surface area contributed by atoms with Crippen LogP contribution >= 0.6 is 15.9 Å². The average molecular weight is 323 g/mol. The normalized spacial score (nSPS) is 13.6. The molecule has 3 N–H and O–H groups in total. The monoisotopic (exact) mass is 322 g/mol. The van der Waals surface area contributed by atoms with E-state index in [-0.39, 0.29) is 23.2 Å². The van der Waals surface area contributed by atoms with E-state index in [2.05, 4.69) is 20.7 Å². The van der Waals surface area contributed by atoms with Crippen molar-refractivity contribution in [2.75, 3.05) is 19.4 Å². The Morgan fingerprint density at radius 2 is 2.18 bits per heavy atom. The molecule has 0 aliphatic rings. The maximum absolute atomic E-state index is 11.9. The zero-order valence-corrected chi connectivity index (χ0v) is 12.0. The molecule has 96 valence electrons. The number of nitrogens with two attached hydrogens (primary N) is 1. The first-order valence-corrected chi connectivity index (χ1v) is 7.22. The van der Waals surface area contributed by atoms with E-state index in [1.807, 2.05) is 0 Å². The topological polar surface area (TPSA) is 81.4 Å². The number of hydrogen-bond donors (Lipinski definition) is 2. The van der Waals surface area contributed by atoms with E-state index in [9.17, 15) is 8.42 Å². The summed E-state index contributed by atoms with van der Waals surface area (Å²) in [5, 5.41) is 0. The maximum atomic E-state index is 11.9. The molecule has 0 amide bonds. The molecular weight excluding hydrogens is 308 g/mol. The summed E-state index contributed by atoms with van der Waals surface area (Å²) in [6.45, 7) is 1.97. The number of rotatable bonds is 5. The summed E-state index contributed by atoms with van der Waals surface area (Å²) in [6, 6.07) is 4.64. The summed E-state index contributed by atoms with van der Waals surface area (Å²) in [6.07, 6.45) is -0.193. The van der Waals surface area contributed by atoms with Gasteiger partial charge in [-0.05, 0) is 25.1 Å². The van der Waals surface area contributed by atoms with Crippen molar-refractivity contribution in [3.8, 4) is 0 Å². The molecule has 0 aromatic heterocycles. The molecule has 1 rings (SSSR count). The van der Waals surface area contributed by atoms with Crippen LogP contribution in [0, 0.1) is 0 Å². The fourth-order valence-corrected chi connectivity index (χ4v) is 2.76. The zero-order chi connectivity index (χ0) is 13.1. The average Bonchev–Trinajstić information content (AvgIpc) is 2.25. The number of anilines is 1. The number of hydrogen-bond acceptors (Lipinski definition) is 4. The first-order valence-electron chi connectivity index (χ1n) is 4.94. The van der Waals surface area contributed by atoms with E-state index in [4.69, 9.17) is 10.5 Å². The molecule has 5 nitrogen and oxygen atoms in total. The molecule has 0 aliphatic heterocycles. The third-order valence-electron chi connectivity index (χ3n) is 2.22. The summed E-state index contributed by atoms with van der Waals surface area (Å²) in [7, 11) is -2.07. The molecule has 0 bridgehead atoms. The van der Waals surface area contributed by atoms with Gasteiger partial charge >= 0.3 is 0 Å². The van der Waals surface area contributed by atoms with Crippen LogP contribution in [0.5, 0.6) is 0 Å². The highest BCUT2D eigenvalue weighted by molar-refractivity contribution is 9.10. The molecule has 0 saturated heterocycles. The van der Waals surface area contributed by atoms with Gasteiger partial charge in [-0.25, -0.2) is 13.1 Å². The molecule has 1 atom stereocenters. The van der Waals surface area contributed by atoms with Crippen LogP contribution in [0.25, 0.3) is 0 Å². The van der Waals surface area contributed by atoms with Crippen molar-refractivity contribution in [1.82, 2.24) is 4.72 Å². The van der Waals surface area contributed by atoms with Gasteiger partial charge < -0.3 is 10.5 Å². The number of nitrogen functional groups attached to an aromatic ring is 1. The van der Waals surface area contributed by atoms with Gasteiger partial charge in [0.1, 0.15) is 4.90 Å². The summed E-state index contributed by atoms with van der Waals surface area (Å²) < 4.78 is 32.0. The van der Waals surface area contributed by atoms with Crippen LogP contribution in [0.2, 0.25) is 0 Å². The van der Waals surface area contributed by atoms with Gasteiger partial charge in [-0.1, -0.05) is 15.9 Å². The van der Waals surface area contributed by atoms with Crippen LogP contribution in [0.3, 0.4) is 0 Å². The van der Waals surface area contributed by atoms with Gasteiger partial charge in [0.05, 0.1) is 11.8 Å². The smallest absolute Gasteiger partial charge is 0.242 e. The fraction of sp³-hybridized carbons (Fsp3) is 0.400. The Bertz CT molecular complexity index is 490. The second kappa shape index (κ2) is 5.81. The molecule has 0 heterocycles. The predicted octanol–water partition coefficient (Wildman–Crippen LogP) is 1.34. The lowest BCUT2D eigenvalue weighted by Crippen LogP contribution is -2.32. The quantitative estimate of drug-likeness (QED) is 0.802. The van der Waals surface area contributed by atoms with Crippen LogP contribution < -0.4 is 10.5 Å². The Morgan fingerprint density at radius 1 is 1.53 bits per heavy atom. The number of halogens is 1. The Kier molecular flexibility index (Phi) is 4.93. The van der Waals surface area contributed by atoms with E-state index in [0.29, 0.717) is 0 Å². The molecule has 17 heavy (non-hydrogen) atoms. The largest absolute Gasteiger partial charge is 0.398 e. The molecule has 0 spiro atoms. The van der Waals surface area contributed by atoms with E-state index in [0.717, 1.165) is 4.47 Å². The van der Waals surface area contributed by atoms with Crippen LogP contribution in [-0.4, -0.2) is 28.2 Å². The molecule has 7 heteroatoms. The highest BCUT2D eigenvalue weighted by atomic mass is 79.9. The second-order valence-electron chi connectivity index (χ2n) is 3.58. The van der Waals surface area contributed by atoms with Crippen molar-refractivity contribution < 1.29 is 13.2 Å². The van der Waals surface area contributed by atoms with Crippen molar-refractivity contribution >= 4 is 31.6 Å². The fourth-order valence-electron chi connectivity index (χ4n) is 1.15. The van der Waals surface area contributed by atoms with Gasteiger partial charge in [0, 0.05) is 18.1 Å². The number of benzene rings is 1. The van der Waals surface area contributed by atoms with Crippen LogP contribution in [0.1, 0.15) is 6.92 Å². The van der Waals surface area contributed by atoms with Gasteiger partial charge in [0.25, 0.3) is 0 Å². The molecule has 0 radical (unpaired) electrons. The van der Waals surface area contributed by atoms with Gasteiger partial charge in [-0.15, -0.1) is 0 Å². The number of sulfonamides is 1. The minimum Gasteiger partial charge on any atom is -0.398 e. The number of nitrogens with one attached hydrogen (secondary N) is 1. The maximum Gasteiger partial charge on any atom is 0.242 e. The minimum absolute atomic E-state index is 0.0732. The van der Waals surface area contributed by atoms with Crippen LogP contribution in [-0.2, 0) is 14.8 Å². The highest BCUT2D eigenvalue weighted by Gasteiger charge is 2.18. The van der Waals surface area contributed by atoms with E-state index >= 15 is 0 Å². The minimum atomic E-state index is -3.59. The Labute approximate surface area is 110 Å². The lowest BCUT2D eigenvalue weighted by Gasteiger charge is -2.12. The van der Waals surface area contributed by atoms with Gasteiger partial charge in [-0.3, -0.25) is 0 Å². The van der Waals surface area contributed by atoms with Crippen molar-refractivity contribution in [2.45, 2.75) is 17.9 Å². The predicted molar refractivity (Wildman–Crippen MR) is 70.2 cm³/mol. The van der Waals surface area contributed by atoms with E-state index < -0.39 is 10.0 Å². The first kappa shape index (κ1) is 14.4. The third-order valence-corrected chi connectivity index (χ3v) is 4.22. The van der Waals surface area contributed by atoms with Crippen molar-refractivity contribution in [3.05, 3.63) is 22.7 Å². The second-order valence-corrected chi connectivity index (χ2v) is 6.23. The Balaban J connectivity index is 2.90. The lowest BCUT2D eigenvalue weighted by atomic mass is 10.3. The van der Waals surface area contributed by atoms with Crippen LogP contribution in [0.4, 0.5) is 5.69 Å². The van der Waals surface area contributed by atoms with Crippen molar-refractivity contribution in [2.24, 2.45) is 0 Å². The molecule has 0 saturated carbocycles. The SMILES string of the molecule is COC(C)CNS(=O)(=O)c1ccc(Br)cc1N. The zero-order valence-electron chi connectivity index (χ0n) is 9.60. The third kappa shape index (κ3) is 3.95. The molecule has 1 aromatic rings. The summed E-state index contributed by atoms with van der Waals surface area (Å²) in [4.78, 5) is 0.0732. The lowest BCUT2D eigenvalue weighted by molar-refractivity contribution is 0.122.